The van der Waals surface area contributed by atoms with Crippen molar-refractivity contribution in [3.05, 3.63) is 0 Å². The molecule has 4 rings (SSSR count). The monoisotopic (exact) mass is 180 g/mol. The summed E-state index contributed by atoms with van der Waals surface area (Å²) >= 11 is 0. The fourth-order valence-electron chi connectivity index (χ4n) is 3.35. The molecule has 2 N–H and O–H groups in total. The van der Waals surface area contributed by atoms with Gasteiger partial charge >= 0.3 is 0 Å². The number of hydrogen-bond acceptors (Lipinski definition) is 3. The summed E-state index contributed by atoms with van der Waals surface area (Å²) in [6.07, 6.45) is 6.65. The van der Waals surface area contributed by atoms with Gasteiger partial charge in [0.25, 0.3) is 6.02 Å². The Morgan fingerprint density at radius 1 is 1.31 bits per heavy atom. The van der Waals surface area contributed by atoms with Crippen LogP contribution >= 0.6 is 0 Å². The van der Waals surface area contributed by atoms with E-state index < -0.39 is 0 Å². The zero-order valence-corrected chi connectivity index (χ0v) is 7.83. The molecule has 4 aliphatic rings. The molecule has 0 radical (unpaired) electrons. The average molecular weight is 180 g/mol. The lowest BCUT2D eigenvalue weighted by Crippen LogP contribution is -2.50. The summed E-state index contributed by atoms with van der Waals surface area (Å²) in [4.78, 5) is 4.20. The van der Waals surface area contributed by atoms with E-state index in [1.807, 2.05) is 0 Å². The van der Waals surface area contributed by atoms with Crippen molar-refractivity contribution in [3.63, 3.8) is 0 Å². The molecule has 2 bridgehead atoms. The topological polar surface area (TPSA) is 47.6 Å². The first kappa shape index (κ1) is 7.65. The molecule has 3 fully saturated rings. The van der Waals surface area contributed by atoms with Crippen molar-refractivity contribution in [1.82, 2.24) is 0 Å². The van der Waals surface area contributed by atoms with Gasteiger partial charge < -0.3 is 10.5 Å². The van der Waals surface area contributed by atoms with Crippen LogP contribution in [0, 0.1) is 11.8 Å². The van der Waals surface area contributed by atoms with Gasteiger partial charge in [0, 0.05) is 5.92 Å². The highest BCUT2D eigenvalue weighted by atomic mass is 16.5. The summed E-state index contributed by atoms with van der Waals surface area (Å²) in [6, 6.07) is 0.424. The van der Waals surface area contributed by atoms with Gasteiger partial charge in [0.15, 0.2) is 0 Å². The van der Waals surface area contributed by atoms with Crippen LogP contribution in [0.1, 0.15) is 32.1 Å². The number of amidine groups is 1. The number of rotatable bonds is 0. The molecule has 1 unspecified atom stereocenters. The lowest BCUT2D eigenvalue weighted by atomic mass is 9.62. The molecule has 0 amide bonds. The number of hydrogen-bond donors (Lipinski definition) is 1. The van der Waals surface area contributed by atoms with Gasteiger partial charge in [-0.3, -0.25) is 0 Å². The van der Waals surface area contributed by atoms with Crippen LogP contribution in [0.2, 0.25) is 0 Å². The van der Waals surface area contributed by atoms with E-state index in [1.54, 1.807) is 0 Å². The molecular weight excluding hydrogens is 164 g/mol. The molecule has 13 heavy (non-hydrogen) atoms. The summed E-state index contributed by atoms with van der Waals surface area (Å²) in [6.45, 7) is 0.819. The van der Waals surface area contributed by atoms with Crippen molar-refractivity contribution >= 4 is 6.02 Å². The minimum atomic E-state index is 0.0330. The maximum absolute atomic E-state index is 5.75. The molecule has 1 heterocycles. The summed E-state index contributed by atoms with van der Waals surface area (Å²) < 4.78 is 5.75. The Hall–Kier alpha value is -0.730. The van der Waals surface area contributed by atoms with Gasteiger partial charge in [0.2, 0.25) is 0 Å². The molecule has 1 atom stereocenters. The molecule has 3 saturated carbocycles. The van der Waals surface area contributed by atoms with Crippen LogP contribution in [0.25, 0.3) is 0 Å². The second-order valence-corrected chi connectivity index (χ2v) is 4.74. The molecule has 3 nitrogen and oxygen atoms in total. The molecular formula is C10H16N2O. The molecule has 1 aliphatic heterocycles. The highest BCUT2D eigenvalue weighted by molar-refractivity contribution is 5.73. The zero-order valence-electron chi connectivity index (χ0n) is 7.83. The second kappa shape index (κ2) is 2.40. The molecule has 0 aromatic carbocycles. The zero-order chi connectivity index (χ0) is 8.89. The van der Waals surface area contributed by atoms with Crippen molar-refractivity contribution < 1.29 is 4.74 Å². The number of aliphatic imine (C=N–C) groups is 1. The van der Waals surface area contributed by atoms with Crippen LogP contribution < -0.4 is 5.73 Å². The lowest BCUT2D eigenvalue weighted by molar-refractivity contribution is -0.0661. The summed E-state index contributed by atoms with van der Waals surface area (Å²) in [5.41, 5.74) is 5.63. The van der Waals surface area contributed by atoms with E-state index in [1.165, 1.54) is 32.1 Å². The molecule has 0 aromatic heterocycles. The number of nitrogens with zero attached hydrogens (tertiary/aromatic N) is 1. The second-order valence-electron chi connectivity index (χ2n) is 4.74. The minimum absolute atomic E-state index is 0.0330. The maximum Gasteiger partial charge on any atom is 0.282 e. The van der Waals surface area contributed by atoms with Gasteiger partial charge in [-0.25, -0.2) is 4.99 Å². The molecule has 3 heteroatoms. The molecule has 3 aliphatic carbocycles. The molecule has 0 aromatic rings. The SMILES string of the molecule is NC1=NCC2(CC3CCC2CC3)O1. The van der Waals surface area contributed by atoms with Crippen LogP contribution in [-0.2, 0) is 4.74 Å². The third-order valence-corrected chi connectivity index (χ3v) is 4.04. The third-order valence-electron chi connectivity index (χ3n) is 4.04. The van der Waals surface area contributed by atoms with Crippen molar-refractivity contribution in [2.75, 3.05) is 6.54 Å². The first-order valence-corrected chi connectivity index (χ1v) is 5.27. The van der Waals surface area contributed by atoms with E-state index in [0.717, 1.165) is 18.4 Å². The van der Waals surface area contributed by atoms with Crippen molar-refractivity contribution in [3.8, 4) is 0 Å². The van der Waals surface area contributed by atoms with E-state index in [9.17, 15) is 0 Å². The Labute approximate surface area is 78.4 Å². The summed E-state index contributed by atoms with van der Waals surface area (Å²) in [7, 11) is 0. The van der Waals surface area contributed by atoms with Crippen molar-refractivity contribution in [2.45, 2.75) is 37.7 Å². The third kappa shape index (κ3) is 0.990. The van der Waals surface area contributed by atoms with E-state index >= 15 is 0 Å². The highest BCUT2D eigenvalue weighted by Crippen LogP contribution is 2.50. The van der Waals surface area contributed by atoms with E-state index in [4.69, 9.17) is 10.5 Å². The molecule has 72 valence electrons. The minimum Gasteiger partial charge on any atom is -0.457 e. The van der Waals surface area contributed by atoms with Crippen molar-refractivity contribution in [2.24, 2.45) is 22.6 Å². The van der Waals surface area contributed by atoms with Crippen LogP contribution in [-0.4, -0.2) is 18.2 Å². The number of fused-ring (bicyclic) bond motifs is 2. The Bertz CT molecular complexity index is 256. The number of nitrogens with two attached hydrogens (primary N) is 1. The summed E-state index contributed by atoms with van der Waals surface area (Å²) in [5, 5.41) is 0. The standard InChI is InChI=1S/C10H16N2O/c11-9-12-6-10(13-9)5-7-1-3-8(10)4-2-7/h7-8H,1-6H2,(H2,11,12). The van der Waals surface area contributed by atoms with Crippen molar-refractivity contribution in [1.29, 1.82) is 0 Å². The first-order chi connectivity index (χ1) is 6.28. The Kier molecular flexibility index (Phi) is 1.41. The van der Waals surface area contributed by atoms with Gasteiger partial charge in [-0.15, -0.1) is 0 Å². The van der Waals surface area contributed by atoms with Crippen LogP contribution in [0.4, 0.5) is 0 Å². The van der Waals surface area contributed by atoms with Crippen LogP contribution in [0.3, 0.4) is 0 Å². The Morgan fingerprint density at radius 2 is 2.08 bits per heavy atom. The molecule has 1 spiro atoms. The van der Waals surface area contributed by atoms with Crippen LogP contribution in [0.15, 0.2) is 4.99 Å². The van der Waals surface area contributed by atoms with Gasteiger partial charge in [-0.2, -0.15) is 0 Å². The Morgan fingerprint density at radius 3 is 2.54 bits per heavy atom. The van der Waals surface area contributed by atoms with Gasteiger partial charge in [0.05, 0.1) is 6.54 Å². The summed E-state index contributed by atoms with van der Waals surface area (Å²) in [5.74, 6) is 1.60. The van der Waals surface area contributed by atoms with Gasteiger partial charge in [-0.1, -0.05) is 0 Å². The predicted octanol–water partition coefficient (Wildman–Crippen LogP) is 1.28. The quantitative estimate of drug-likeness (QED) is 0.610. The van der Waals surface area contributed by atoms with Gasteiger partial charge in [-0.05, 0) is 38.0 Å². The Balaban J connectivity index is 1.85. The van der Waals surface area contributed by atoms with Gasteiger partial charge in [0.1, 0.15) is 5.60 Å². The van der Waals surface area contributed by atoms with E-state index in [-0.39, 0.29) is 5.60 Å². The fourth-order valence-corrected chi connectivity index (χ4v) is 3.35. The molecule has 0 saturated heterocycles. The largest absolute Gasteiger partial charge is 0.457 e. The maximum atomic E-state index is 5.75. The first-order valence-electron chi connectivity index (χ1n) is 5.27. The average Bonchev–Trinajstić information content (AvgIpc) is 2.49. The van der Waals surface area contributed by atoms with Crippen LogP contribution in [0.5, 0.6) is 0 Å². The smallest absolute Gasteiger partial charge is 0.282 e. The van der Waals surface area contributed by atoms with E-state index in [0.29, 0.717) is 6.02 Å². The predicted molar refractivity (Wildman–Crippen MR) is 50.4 cm³/mol. The highest BCUT2D eigenvalue weighted by Gasteiger charge is 2.51. The van der Waals surface area contributed by atoms with E-state index in [2.05, 4.69) is 4.99 Å². The number of ether oxygens (including phenoxy) is 1. The fraction of sp³-hybridized carbons (Fsp3) is 0.900. The normalized spacial score (nSPS) is 47.8. The lowest BCUT2D eigenvalue weighted by Gasteiger charge is -2.48.